The van der Waals surface area contributed by atoms with Gasteiger partial charge >= 0.3 is 5.97 Å². The Morgan fingerprint density at radius 3 is 2.71 bits per heavy atom. The SMILES string of the molecule is CC(=O)O[C@H]1C=C[C@H](Oc2ccccc2Br)C1. The second kappa shape index (κ2) is 5.36. The lowest BCUT2D eigenvalue weighted by Crippen LogP contribution is -2.18. The van der Waals surface area contributed by atoms with Crippen LogP contribution in [0, 0.1) is 0 Å². The molecule has 1 aromatic rings. The smallest absolute Gasteiger partial charge is 0.303 e. The summed E-state index contributed by atoms with van der Waals surface area (Å²) < 4.78 is 11.8. The van der Waals surface area contributed by atoms with Gasteiger partial charge in [-0.2, -0.15) is 0 Å². The molecule has 0 fully saturated rings. The van der Waals surface area contributed by atoms with Crippen molar-refractivity contribution < 1.29 is 14.3 Å². The maximum atomic E-state index is 10.8. The molecule has 0 heterocycles. The van der Waals surface area contributed by atoms with E-state index in [-0.39, 0.29) is 18.2 Å². The highest BCUT2D eigenvalue weighted by Crippen LogP contribution is 2.27. The maximum Gasteiger partial charge on any atom is 0.303 e. The third-order valence-electron chi connectivity index (χ3n) is 2.44. The molecule has 17 heavy (non-hydrogen) atoms. The molecule has 0 unspecified atom stereocenters. The fraction of sp³-hybridized carbons (Fsp3) is 0.308. The highest BCUT2D eigenvalue weighted by atomic mass is 79.9. The average molecular weight is 297 g/mol. The minimum atomic E-state index is -0.263. The van der Waals surface area contributed by atoms with Gasteiger partial charge < -0.3 is 9.47 Å². The quantitative estimate of drug-likeness (QED) is 0.635. The lowest BCUT2D eigenvalue weighted by molar-refractivity contribution is -0.144. The van der Waals surface area contributed by atoms with Gasteiger partial charge in [0.15, 0.2) is 0 Å². The zero-order valence-corrected chi connectivity index (χ0v) is 11.0. The lowest BCUT2D eigenvalue weighted by atomic mass is 10.2. The molecule has 0 aliphatic heterocycles. The van der Waals surface area contributed by atoms with Crippen molar-refractivity contribution in [1.82, 2.24) is 0 Å². The third kappa shape index (κ3) is 3.33. The monoisotopic (exact) mass is 296 g/mol. The number of hydrogen-bond acceptors (Lipinski definition) is 3. The van der Waals surface area contributed by atoms with Crippen molar-refractivity contribution in [2.75, 3.05) is 0 Å². The van der Waals surface area contributed by atoms with Crippen LogP contribution in [0.1, 0.15) is 13.3 Å². The number of halogens is 1. The van der Waals surface area contributed by atoms with Crippen molar-refractivity contribution >= 4 is 21.9 Å². The first-order chi connectivity index (χ1) is 8.15. The molecule has 0 N–H and O–H groups in total. The van der Waals surface area contributed by atoms with Gasteiger partial charge in [-0.05, 0) is 40.2 Å². The van der Waals surface area contributed by atoms with Gasteiger partial charge in [0, 0.05) is 13.3 Å². The van der Waals surface area contributed by atoms with Gasteiger partial charge in [-0.3, -0.25) is 4.79 Å². The van der Waals surface area contributed by atoms with Crippen LogP contribution >= 0.6 is 15.9 Å². The van der Waals surface area contributed by atoms with E-state index in [0.29, 0.717) is 6.42 Å². The molecule has 3 nitrogen and oxygen atoms in total. The summed E-state index contributed by atoms with van der Waals surface area (Å²) in [7, 11) is 0. The first-order valence-corrected chi connectivity index (χ1v) is 6.21. The summed E-state index contributed by atoms with van der Waals surface area (Å²) >= 11 is 3.42. The topological polar surface area (TPSA) is 35.5 Å². The number of hydrogen-bond donors (Lipinski definition) is 0. The van der Waals surface area contributed by atoms with Gasteiger partial charge in [-0.15, -0.1) is 0 Å². The van der Waals surface area contributed by atoms with Crippen LogP contribution in [0.3, 0.4) is 0 Å². The number of carbonyl (C=O) groups excluding carboxylic acids is 1. The van der Waals surface area contributed by atoms with Crippen LogP contribution in [-0.2, 0) is 9.53 Å². The molecule has 0 spiro atoms. The second-order valence-corrected chi connectivity index (χ2v) is 4.71. The molecule has 0 bridgehead atoms. The molecule has 0 amide bonds. The number of carbonyl (C=O) groups is 1. The molecule has 0 saturated carbocycles. The van der Waals surface area contributed by atoms with Crippen LogP contribution in [0.4, 0.5) is 0 Å². The average Bonchev–Trinajstić information content (AvgIpc) is 2.68. The summed E-state index contributed by atoms with van der Waals surface area (Å²) in [5.74, 6) is 0.534. The highest BCUT2D eigenvalue weighted by Gasteiger charge is 2.22. The molecule has 4 heteroatoms. The van der Waals surface area contributed by atoms with Crippen LogP contribution in [0.15, 0.2) is 40.9 Å². The molecule has 1 aromatic carbocycles. The van der Waals surface area contributed by atoms with Crippen molar-refractivity contribution in [1.29, 1.82) is 0 Å². The molecular weight excluding hydrogens is 284 g/mol. The lowest BCUT2D eigenvalue weighted by Gasteiger charge is -2.15. The van der Waals surface area contributed by atoms with Crippen molar-refractivity contribution in [3.8, 4) is 5.75 Å². The third-order valence-corrected chi connectivity index (χ3v) is 3.09. The van der Waals surface area contributed by atoms with E-state index in [2.05, 4.69) is 15.9 Å². The Bertz CT molecular complexity index is 442. The molecule has 1 aliphatic carbocycles. The Balaban J connectivity index is 1.93. The Labute approximate surface area is 109 Å². The highest BCUT2D eigenvalue weighted by molar-refractivity contribution is 9.10. The second-order valence-electron chi connectivity index (χ2n) is 3.86. The summed E-state index contributed by atoms with van der Waals surface area (Å²) in [5, 5.41) is 0. The summed E-state index contributed by atoms with van der Waals surface area (Å²) in [5.41, 5.74) is 0. The van der Waals surface area contributed by atoms with E-state index in [1.165, 1.54) is 6.92 Å². The van der Waals surface area contributed by atoms with Gasteiger partial charge in [0.25, 0.3) is 0 Å². The molecule has 2 rings (SSSR count). The van der Waals surface area contributed by atoms with Gasteiger partial charge in [0.1, 0.15) is 18.0 Å². The van der Waals surface area contributed by atoms with Gasteiger partial charge in [0.05, 0.1) is 4.47 Å². The Hall–Kier alpha value is -1.29. The van der Waals surface area contributed by atoms with Crippen LogP contribution in [0.25, 0.3) is 0 Å². The molecule has 0 radical (unpaired) electrons. The van der Waals surface area contributed by atoms with Crippen LogP contribution in [0.5, 0.6) is 5.75 Å². The number of esters is 1. The largest absolute Gasteiger partial charge is 0.485 e. The normalized spacial score (nSPS) is 22.5. The van der Waals surface area contributed by atoms with E-state index in [0.717, 1.165) is 10.2 Å². The molecule has 0 saturated heterocycles. The van der Waals surface area contributed by atoms with Gasteiger partial charge in [0.2, 0.25) is 0 Å². The Morgan fingerprint density at radius 2 is 2.00 bits per heavy atom. The van der Waals surface area contributed by atoms with E-state index in [1.807, 2.05) is 36.4 Å². The van der Waals surface area contributed by atoms with E-state index in [1.54, 1.807) is 0 Å². The Morgan fingerprint density at radius 1 is 1.29 bits per heavy atom. The predicted molar refractivity (Wildman–Crippen MR) is 67.9 cm³/mol. The number of ether oxygens (including phenoxy) is 2. The fourth-order valence-corrected chi connectivity index (χ4v) is 2.10. The van der Waals surface area contributed by atoms with Crippen LogP contribution < -0.4 is 4.74 Å². The molecule has 1 aliphatic rings. The molecular formula is C13H13BrO3. The summed E-state index contributed by atoms with van der Waals surface area (Å²) in [6, 6.07) is 7.68. The zero-order chi connectivity index (χ0) is 12.3. The molecule has 2 atom stereocenters. The van der Waals surface area contributed by atoms with E-state index >= 15 is 0 Å². The first kappa shape index (κ1) is 12.2. The predicted octanol–water partition coefficient (Wildman–Crippen LogP) is 3.09. The summed E-state index contributed by atoms with van der Waals surface area (Å²) in [6.45, 7) is 1.41. The molecule has 0 aromatic heterocycles. The van der Waals surface area contributed by atoms with Crippen LogP contribution in [-0.4, -0.2) is 18.2 Å². The minimum absolute atomic E-state index is 0.0435. The zero-order valence-electron chi connectivity index (χ0n) is 9.43. The van der Waals surface area contributed by atoms with Crippen LogP contribution in [0.2, 0.25) is 0 Å². The van der Waals surface area contributed by atoms with Crippen molar-refractivity contribution in [3.63, 3.8) is 0 Å². The maximum absolute atomic E-state index is 10.8. The van der Waals surface area contributed by atoms with Crippen molar-refractivity contribution in [2.45, 2.75) is 25.6 Å². The van der Waals surface area contributed by atoms with E-state index in [4.69, 9.17) is 9.47 Å². The Kier molecular flexibility index (Phi) is 3.84. The number of para-hydroxylation sites is 1. The van der Waals surface area contributed by atoms with Gasteiger partial charge in [-0.25, -0.2) is 0 Å². The van der Waals surface area contributed by atoms with Crippen molar-refractivity contribution in [3.05, 3.63) is 40.9 Å². The summed E-state index contributed by atoms with van der Waals surface area (Å²) in [4.78, 5) is 10.8. The fourth-order valence-electron chi connectivity index (χ4n) is 1.73. The van der Waals surface area contributed by atoms with Gasteiger partial charge in [-0.1, -0.05) is 12.1 Å². The minimum Gasteiger partial charge on any atom is -0.485 e. The first-order valence-electron chi connectivity index (χ1n) is 5.42. The summed E-state index contributed by atoms with van der Waals surface area (Å²) in [6.07, 6.45) is 4.25. The molecule has 90 valence electrons. The van der Waals surface area contributed by atoms with Crippen molar-refractivity contribution in [2.24, 2.45) is 0 Å². The number of rotatable bonds is 3. The number of benzene rings is 1. The standard InChI is InChI=1S/C13H13BrO3/c1-9(15)16-10-6-7-11(8-10)17-13-5-3-2-4-12(13)14/h2-7,10-11H,8H2,1H3/t10-,11-/m0/s1. The van der Waals surface area contributed by atoms with E-state index < -0.39 is 0 Å². The van der Waals surface area contributed by atoms with E-state index in [9.17, 15) is 4.79 Å².